The second-order valence-electron chi connectivity index (χ2n) is 5.60. The molecule has 4 heteroatoms. The number of hydrogen-bond acceptors (Lipinski definition) is 3. The molecular weight excluding hydrogens is 310 g/mol. The minimum absolute atomic E-state index is 0.200. The highest BCUT2D eigenvalue weighted by Gasteiger charge is 2.13. The molecule has 120 valence electrons. The second kappa shape index (κ2) is 6.53. The van der Waals surface area contributed by atoms with Gasteiger partial charge in [-0.05, 0) is 35.9 Å². The Labute approximate surface area is 145 Å². The Morgan fingerprint density at radius 1 is 0.760 bits per heavy atom. The van der Waals surface area contributed by atoms with E-state index >= 15 is 0 Å². The average molecular weight is 325 g/mol. The first-order chi connectivity index (χ1) is 12.3. The molecule has 0 spiro atoms. The number of carbonyl (C=O) groups excluding carboxylic acids is 1. The van der Waals surface area contributed by atoms with Crippen molar-refractivity contribution in [2.75, 3.05) is 5.32 Å². The second-order valence-corrected chi connectivity index (χ2v) is 5.60. The number of nitrogens with one attached hydrogen (secondary N) is 1. The molecule has 4 rings (SSSR count). The van der Waals surface area contributed by atoms with E-state index in [9.17, 15) is 4.79 Å². The molecule has 0 fully saturated rings. The third-order valence-corrected chi connectivity index (χ3v) is 4.01. The Morgan fingerprint density at radius 2 is 1.56 bits per heavy atom. The number of carbonyl (C=O) groups is 1. The van der Waals surface area contributed by atoms with E-state index in [1.807, 2.05) is 66.7 Å². The van der Waals surface area contributed by atoms with E-state index in [-0.39, 0.29) is 5.91 Å². The maximum atomic E-state index is 12.8. The lowest BCUT2D eigenvalue weighted by molar-refractivity contribution is 0.102. The monoisotopic (exact) mass is 325 g/mol. The predicted octanol–water partition coefficient (Wildman–Crippen LogP) is 4.55. The van der Waals surface area contributed by atoms with E-state index in [1.54, 1.807) is 18.5 Å². The van der Waals surface area contributed by atoms with Crippen LogP contribution in [-0.4, -0.2) is 15.9 Å². The van der Waals surface area contributed by atoms with Crippen LogP contribution in [-0.2, 0) is 0 Å². The molecule has 2 aromatic heterocycles. The van der Waals surface area contributed by atoms with Crippen molar-refractivity contribution in [1.29, 1.82) is 0 Å². The highest BCUT2D eigenvalue weighted by molar-refractivity contribution is 6.13. The lowest BCUT2D eigenvalue weighted by Gasteiger charge is -2.11. The highest BCUT2D eigenvalue weighted by atomic mass is 16.1. The number of rotatable bonds is 3. The largest absolute Gasteiger partial charge is 0.306 e. The quantitative estimate of drug-likeness (QED) is 0.601. The van der Waals surface area contributed by atoms with Crippen molar-refractivity contribution in [3.05, 3.63) is 90.8 Å². The van der Waals surface area contributed by atoms with E-state index in [1.165, 1.54) is 0 Å². The van der Waals surface area contributed by atoms with Gasteiger partial charge < -0.3 is 5.32 Å². The third-order valence-electron chi connectivity index (χ3n) is 4.01. The first kappa shape index (κ1) is 15.0. The van der Waals surface area contributed by atoms with Gasteiger partial charge in [-0.2, -0.15) is 0 Å². The van der Waals surface area contributed by atoms with Crippen molar-refractivity contribution in [3.63, 3.8) is 0 Å². The number of aromatic nitrogens is 2. The van der Waals surface area contributed by atoms with Gasteiger partial charge in [-0.25, -0.2) is 4.98 Å². The molecule has 4 nitrogen and oxygen atoms in total. The predicted molar refractivity (Wildman–Crippen MR) is 99.4 cm³/mol. The summed E-state index contributed by atoms with van der Waals surface area (Å²) in [4.78, 5) is 21.5. The van der Waals surface area contributed by atoms with Gasteiger partial charge in [0.05, 0.1) is 5.52 Å². The van der Waals surface area contributed by atoms with Crippen LogP contribution in [0.15, 0.2) is 85.2 Å². The molecular formula is C21H15N3O. The molecule has 0 aliphatic rings. The molecule has 1 amide bonds. The molecule has 0 aliphatic carbocycles. The number of nitrogens with zero attached hydrogens (tertiary/aromatic N) is 2. The van der Waals surface area contributed by atoms with Crippen LogP contribution in [0.4, 0.5) is 5.82 Å². The van der Waals surface area contributed by atoms with Gasteiger partial charge >= 0.3 is 0 Å². The van der Waals surface area contributed by atoms with Gasteiger partial charge in [-0.1, -0.05) is 42.5 Å². The van der Waals surface area contributed by atoms with Crippen LogP contribution in [0.3, 0.4) is 0 Å². The van der Waals surface area contributed by atoms with Gasteiger partial charge in [0.2, 0.25) is 0 Å². The van der Waals surface area contributed by atoms with E-state index in [4.69, 9.17) is 0 Å². The molecule has 0 unspecified atom stereocenters. The van der Waals surface area contributed by atoms with Crippen LogP contribution in [0.25, 0.3) is 22.0 Å². The van der Waals surface area contributed by atoms with Gasteiger partial charge in [0.25, 0.3) is 5.91 Å². The molecule has 1 N–H and O–H groups in total. The Hall–Kier alpha value is -3.53. The molecule has 0 radical (unpaired) electrons. The molecule has 0 saturated carbocycles. The lowest BCUT2D eigenvalue weighted by Crippen LogP contribution is -2.14. The van der Waals surface area contributed by atoms with Crippen molar-refractivity contribution in [2.24, 2.45) is 0 Å². The molecule has 25 heavy (non-hydrogen) atoms. The zero-order chi connectivity index (χ0) is 17.1. The van der Waals surface area contributed by atoms with Gasteiger partial charge in [-0.15, -0.1) is 0 Å². The number of anilines is 1. The smallest absolute Gasteiger partial charge is 0.257 e. The summed E-state index contributed by atoms with van der Waals surface area (Å²) >= 11 is 0. The highest BCUT2D eigenvalue weighted by Crippen LogP contribution is 2.26. The Morgan fingerprint density at radius 3 is 2.44 bits per heavy atom. The summed E-state index contributed by atoms with van der Waals surface area (Å²) in [5, 5.41) is 3.76. The van der Waals surface area contributed by atoms with Gasteiger partial charge in [0.15, 0.2) is 0 Å². The average Bonchev–Trinajstić information content (AvgIpc) is 2.68. The van der Waals surface area contributed by atoms with Crippen LogP contribution in [0.2, 0.25) is 0 Å². The molecule has 0 aliphatic heterocycles. The van der Waals surface area contributed by atoms with Gasteiger partial charge in [0.1, 0.15) is 5.82 Å². The SMILES string of the molecule is O=C(Nc1ncccc1-c1ccccc1)c1cccc2ncccc12. The van der Waals surface area contributed by atoms with Crippen LogP contribution in [0.1, 0.15) is 10.4 Å². The van der Waals surface area contributed by atoms with Crippen molar-refractivity contribution in [3.8, 4) is 11.1 Å². The summed E-state index contributed by atoms with van der Waals surface area (Å²) in [6.07, 6.45) is 3.39. The first-order valence-electron chi connectivity index (χ1n) is 7.98. The summed E-state index contributed by atoms with van der Waals surface area (Å²) < 4.78 is 0. The third kappa shape index (κ3) is 2.97. The van der Waals surface area contributed by atoms with Crippen molar-refractivity contribution in [1.82, 2.24) is 9.97 Å². The van der Waals surface area contributed by atoms with Gasteiger partial charge in [-0.3, -0.25) is 9.78 Å². The fourth-order valence-electron chi connectivity index (χ4n) is 2.83. The van der Waals surface area contributed by atoms with E-state index < -0.39 is 0 Å². The zero-order valence-corrected chi connectivity index (χ0v) is 13.4. The molecule has 0 atom stereocenters. The molecule has 2 heterocycles. The lowest BCUT2D eigenvalue weighted by atomic mass is 10.1. The topological polar surface area (TPSA) is 54.9 Å². The summed E-state index contributed by atoms with van der Waals surface area (Å²) in [6, 6.07) is 22.9. The Kier molecular flexibility index (Phi) is 3.92. The van der Waals surface area contributed by atoms with Crippen molar-refractivity contribution < 1.29 is 4.79 Å². The Bertz CT molecular complexity index is 1040. The standard InChI is InChI=1S/C21H15N3O/c25-21(18-9-4-12-19-17(18)11-6-13-22-19)24-20-16(10-5-14-23-20)15-7-2-1-3-8-15/h1-14H,(H,23,24,25). The van der Waals surface area contributed by atoms with Gasteiger partial charge in [0, 0.05) is 28.9 Å². The molecule has 0 bridgehead atoms. The maximum absolute atomic E-state index is 12.8. The minimum Gasteiger partial charge on any atom is -0.306 e. The number of hydrogen-bond donors (Lipinski definition) is 1. The number of amides is 1. The molecule has 0 saturated heterocycles. The number of fused-ring (bicyclic) bond motifs is 1. The maximum Gasteiger partial charge on any atom is 0.257 e. The van der Waals surface area contributed by atoms with Crippen molar-refractivity contribution in [2.45, 2.75) is 0 Å². The fourth-order valence-corrected chi connectivity index (χ4v) is 2.83. The van der Waals surface area contributed by atoms with Crippen molar-refractivity contribution >= 4 is 22.6 Å². The minimum atomic E-state index is -0.200. The number of pyridine rings is 2. The van der Waals surface area contributed by atoms with E-state index in [0.717, 1.165) is 22.0 Å². The summed E-state index contributed by atoms with van der Waals surface area (Å²) in [5.74, 6) is 0.342. The molecule has 2 aromatic carbocycles. The number of benzene rings is 2. The van der Waals surface area contributed by atoms with Crippen LogP contribution < -0.4 is 5.32 Å². The van der Waals surface area contributed by atoms with Crippen LogP contribution in [0, 0.1) is 0 Å². The first-order valence-corrected chi connectivity index (χ1v) is 7.98. The van der Waals surface area contributed by atoms with E-state index in [2.05, 4.69) is 15.3 Å². The zero-order valence-electron chi connectivity index (χ0n) is 13.4. The summed E-state index contributed by atoms with van der Waals surface area (Å²) in [5.41, 5.74) is 3.26. The normalized spacial score (nSPS) is 10.6. The van der Waals surface area contributed by atoms with Crippen LogP contribution in [0.5, 0.6) is 0 Å². The molecule has 4 aromatic rings. The van der Waals surface area contributed by atoms with E-state index in [0.29, 0.717) is 11.4 Å². The van der Waals surface area contributed by atoms with Crippen LogP contribution >= 0.6 is 0 Å². The summed E-state index contributed by atoms with van der Waals surface area (Å²) in [6.45, 7) is 0. The summed E-state index contributed by atoms with van der Waals surface area (Å²) in [7, 11) is 0. The Balaban J connectivity index is 1.72. The fraction of sp³-hybridized carbons (Fsp3) is 0.